The van der Waals surface area contributed by atoms with Gasteiger partial charge in [0.1, 0.15) is 15.3 Å². The number of thioether (sulfide) groups is 1. The molecule has 34 heavy (non-hydrogen) atoms. The van der Waals surface area contributed by atoms with Crippen molar-refractivity contribution < 1.29 is 14.3 Å². The number of nitrogen functional groups attached to an aromatic ring is 1. The van der Waals surface area contributed by atoms with Gasteiger partial charge >= 0.3 is 5.97 Å². The number of benzene rings is 2. The average Bonchev–Trinajstić information content (AvgIpc) is 3.14. The quantitative estimate of drug-likeness (QED) is 0.204. The van der Waals surface area contributed by atoms with E-state index < -0.39 is 11.6 Å². The van der Waals surface area contributed by atoms with E-state index in [4.69, 9.17) is 10.5 Å². The largest absolute Gasteiger partial charge is 0.456 e. The maximum Gasteiger partial charge on any atom is 0.351 e. The van der Waals surface area contributed by atoms with Crippen molar-refractivity contribution in [1.29, 1.82) is 0 Å². The van der Waals surface area contributed by atoms with Gasteiger partial charge in [0.25, 0.3) is 5.91 Å². The first-order chi connectivity index (χ1) is 16.2. The Morgan fingerprint density at radius 2 is 1.79 bits per heavy atom. The van der Waals surface area contributed by atoms with Gasteiger partial charge in [-0.1, -0.05) is 42.1 Å². The van der Waals surface area contributed by atoms with E-state index in [0.29, 0.717) is 37.2 Å². The van der Waals surface area contributed by atoms with Crippen LogP contribution in [0.15, 0.2) is 59.8 Å². The number of ether oxygens (including phenoxy) is 1. The number of aromatic nitrogens is 2. The van der Waals surface area contributed by atoms with Crippen molar-refractivity contribution in [3.63, 3.8) is 0 Å². The molecule has 0 saturated heterocycles. The van der Waals surface area contributed by atoms with Crippen molar-refractivity contribution in [2.75, 3.05) is 17.3 Å². The van der Waals surface area contributed by atoms with Crippen LogP contribution in [0.5, 0.6) is 0 Å². The average molecular weight is 493 g/mol. The highest BCUT2D eigenvalue weighted by atomic mass is 32.2. The summed E-state index contributed by atoms with van der Waals surface area (Å²) >= 11 is 2.59. The normalized spacial score (nSPS) is 11.4. The molecule has 0 saturated carbocycles. The number of thiophene rings is 1. The molecule has 7 nitrogen and oxygen atoms in total. The van der Waals surface area contributed by atoms with Gasteiger partial charge in [-0.05, 0) is 51.3 Å². The zero-order valence-electron chi connectivity index (χ0n) is 19.2. The Balaban J connectivity index is 1.77. The Hall–Kier alpha value is -3.43. The van der Waals surface area contributed by atoms with Gasteiger partial charge in [0.05, 0.1) is 16.8 Å². The van der Waals surface area contributed by atoms with Crippen LogP contribution in [0.4, 0.5) is 11.4 Å². The maximum absolute atomic E-state index is 12.8. The number of nitrogens with zero attached hydrogens (tertiary/aromatic N) is 2. The molecular weight excluding hydrogens is 468 g/mol. The zero-order valence-corrected chi connectivity index (χ0v) is 20.8. The maximum atomic E-state index is 12.8. The number of nitrogens with two attached hydrogens (primary N) is 1. The molecule has 174 valence electrons. The van der Waals surface area contributed by atoms with E-state index in [1.807, 2.05) is 42.7 Å². The number of hydrogen-bond acceptors (Lipinski definition) is 8. The molecule has 2 heterocycles. The second-order valence-electron chi connectivity index (χ2n) is 8.49. The lowest BCUT2D eigenvalue weighted by molar-refractivity contribution is 0.00763. The SMILES string of the molecule is CSc1nc(-c2cccc(NC(=O)c3ccccc3)c2)c2c(N)c(C(=O)OC(C)(C)C)sc2n1. The molecule has 0 bridgehead atoms. The van der Waals surface area contributed by atoms with Gasteiger partial charge in [-0.2, -0.15) is 0 Å². The third-order valence-corrected chi connectivity index (χ3v) is 6.39. The van der Waals surface area contributed by atoms with E-state index in [1.54, 1.807) is 39.0 Å². The summed E-state index contributed by atoms with van der Waals surface area (Å²) in [4.78, 5) is 35.5. The zero-order chi connectivity index (χ0) is 24.5. The van der Waals surface area contributed by atoms with E-state index in [1.165, 1.54) is 23.1 Å². The summed E-state index contributed by atoms with van der Waals surface area (Å²) in [6.07, 6.45) is 1.88. The fourth-order valence-corrected chi connectivity index (χ4v) is 4.71. The minimum absolute atomic E-state index is 0.211. The summed E-state index contributed by atoms with van der Waals surface area (Å²) in [5.74, 6) is -0.703. The molecular formula is C25H24N4O3S2. The van der Waals surface area contributed by atoms with Gasteiger partial charge in [0.15, 0.2) is 5.16 Å². The van der Waals surface area contributed by atoms with Gasteiger partial charge in [0.2, 0.25) is 0 Å². The Morgan fingerprint density at radius 1 is 1.06 bits per heavy atom. The second kappa shape index (κ2) is 9.44. The van der Waals surface area contributed by atoms with Crippen LogP contribution in [0, 0.1) is 0 Å². The molecule has 2 aromatic heterocycles. The molecule has 0 aliphatic heterocycles. The molecule has 2 aromatic carbocycles. The summed E-state index contributed by atoms with van der Waals surface area (Å²) in [5, 5.41) is 4.07. The Morgan fingerprint density at radius 3 is 2.47 bits per heavy atom. The van der Waals surface area contributed by atoms with Gasteiger partial charge in [-0.25, -0.2) is 14.8 Å². The van der Waals surface area contributed by atoms with Crippen molar-refractivity contribution in [1.82, 2.24) is 9.97 Å². The molecule has 0 aliphatic rings. The fraction of sp³-hybridized carbons (Fsp3) is 0.200. The first kappa shape index (κ1) is 23.7. The number of hydrogen-bond donors (Lipinski definition) is 2. The number of amides is 1. The number of fused-ring (bicyclic) bond motifs is 1. The van der Waals surface area contributed by atoms with Crippen LogP contribution in [0.3, 0.4) is 0 Å². The van der Waals surface area contributed by atoms with Crippen LogP contribution in [0.1, 0.15) is 40.8 Å². The number of nitrogens with one attached hydrogen (secondary N) is 1. The first-order valence-electron chi connectivity index (χ1n) is 10.5. The molecule has 4 aromatic rings. The second-order valence-corrected chi connectivity index (χ2v) is 10.3. The fourth-order valence-electron chi connectivity index (χ4n) is 3.32. The lowest BCUT2D eigenvalue weighted by Gasteiger charge is -2.18. The number of anilines is 2. The Bertz CT molecular complexity index is 1380. The van der Waals surface area contributed by atoms with Gasteiger partial charge in [-0.15, -0.1) is 11.3 Å². The van der Waals surface area contributed by atoms with E-state index in [9.17, 15) is 9.59 Å². The highest BCUT2D eigenvalue weighted by molar-refractivity contribution is 7.98. The predicted octanol–water partition coefficient (Wildman–Crippen LogP) is 5.87. The standard InChI is InChI=1S/C25H24N4O3S2/c1-25(2,3)32-23(31)20-18(26)17-19(28-24(33-4)29-22(17)34-20)15-11-8-12-16(13-15)27-21(30)14-9-6-5-7-10-14/h5-13H,26H2,1-4H3,(H,27,30). The molecule has 3 N–H and O–H groups in total. The monoisotopic (exact) mass is 492 g/mol. The van der Waals surface area contributed by atoms with Crippen LogP contribution in [-0.2, 0) is 4.74 Å². The van der Waals surface area contributed by atoms with Gasteiger partial charge in [0, 0.05) is 16.8 Å². The topological polar surface area (TPSA) is 107 Å². The summed E-state index contributed by atoms with van der Waals surface area (Å²) in [6, 6.07) is 16.3. The predicted molar refractivity (Wildman–Crippen MR) is 139 cm³/mol. The van der Waals surface area contributed by atoms with Crippen LogP contribution in [0.2, 0.25) is 0 Å². The van der Waals surface area contributed by atoms with Crippen LogP contribution in [-0.4, -0.2) is 33.7 Å². The highest BCUT2D eigenvalue weighted by Crippen LogP contribution is 2.40. The third kappa shape index (κ3) is 5.05. The molecule has 0 fully saturated rings. The number of rotatable bonds is 5. The van der Waals surface area contributed by atoms with Gasteiger partial charge < -0.3 is 15.8 Å². The first-order valence-corrected chi connectivity index (χ1v) is 12.5. The summed E-state index contributed by atoms with van der Waals surface area (Å²) in [7, 11) is 0. The van der Waals surface area contributed by atoms with Crippen LogP contribution >= 0.6 is 23.1 Å². The van der Waals surface area contributed by atoms with Crippen molar-refractivity contribution in [2.24, 2.45) is 0 Å². The highest BCUT2D eigenvalue weighted by Gasteiger charge is 2.26. The lowest BCUT2D eigenvalue weighted by Crippen LogP contribution is -2.23. The summed E-state index contributed by atoms with van der Waals surface area (Å²) < 4.78 is 5.53. The molecule has 4 rings (SSSR count). The molecule has 0 atom stereocenters. The molecule has 9 heteroatoms. The van der Waals surface area contributed by atoms with Crippen molar-refractivity contribution in [3.8, 4) is 11.3 Å². The molecule has 0 unspecified atom stereocenters. The van der Waals surface area contributed by atoms with Crippen LogP contribution < -0.4 is 11.1 Å². The minimum atomic E-state index is -0.649. The third-order valence-electron chi connectivity index (χ3n) is 4.76. The number of carbonyl (C=O) groups excluding carboxylic acids is 2. The molecule has 0 radical (unpaired) electrons. The number of esters is 1. The summed E-state index contributed by atoms with van der Waals surface area (Å²) in [5.41, 5.74) is 8.59. The number of carbonyl (C=O) groups is 2. The van der Waals surface area contributed by atoms with Crippen molar-refractivity contribution in [3.05, 3.63) is 65.0 Å². The van der Waals surface area contributed by atoms with E-state index in [-0.39, 0.29) is 11.6 Å². The molecule has 0 spiro atoms. The van der Waals surface area contributed by atoms with Crippen LogP contribution in [0.25, 0.3) is 21.5 Å². The minimum Gasteiger partial charge on any atom is -0.456 e. The lowest BCUT2D eigenvalue weighted by atomic mass is 10.1. The van der Waals surface area contributed by atoms with Crippen molar-refractivity contribution in [2.45, 2.75) is 31.5 Å². The van der Waals surface area contributed by atoms with Gasteiger partial charge in [-0.3, -0.25) is 4.79 Å². The molecule has 1 amide bonds. The summed E-state index contributed by atoms with van der Waals surface area (Å²) in [6.45, 7) is 5.42. The molecule has 0 aliphatic carbocycles. The smallest absolute Gasteiger partial charge is 0.351 e. The van der Waals surface area contributed by atoms with Crippen molar-refractivity contribution >= 4 is 56.6 Å². The van der Waals surface area contributed by atoms with E-state index in [0.717, 1.165) is 5.56 Å². The Labute approximate surface area is 205 Å². The van der Waals surface area contributed by atoms with E-state index in [2.05, 4.69) is 15.3 Å². The van der Waals surface area contributed by atoms with E-state index >= 15 is 0 Å². The Kier molecular flexibility index (Phi) is 6.58.